The summed E-state index contributed by atoms with van der Waals surface area (Å²) in [5, 5.41) is 21.8. The predicted octanol–water partition coefficient (Wildman–Crippen LogP) is 4.64. The van der Waals surface area contributed by atoms with E-state index in [1.165, 1.54) is 0 Å². The highest BCUT2D eigenvalue weighted by molar-refractivity contribution is 7.99. The van der Waals surface area contributed by atoms with E-state index in [1.54, 1.807) is 23.4 Å². The second-order valence-electron chi connectivity index (χ2n) is 9.75. The average Bonchev–Trinajstić information content (AvgIpc) is 3.40. The summed E-state index contributed by atoms with van der Waals surface area (Å²) in [6, 6.07) is 15.3. The van der Waals surface area contributed by atoms with Crippen LogP contribution in [0.3, 0.4) is 0 Å². The number of nitrogens with zero attached hydrogens (tertiary/aromatic N) is 2. The van der Waals surface area contributed by atoms with E-state index >= 15 is 0 Å². The highest BCUT2D eigenvalue weighted by Crippen LogP contribution is 2.39. The monoisotopic (exact) mass is 568 g/mol. The fourth-order valence-electron chi connectivity index (χ4n) is 4.43. The number of amides is 2. The maximum atomic E-state index is 12.3. The van der Waals surface area contributed by atoms with Crippen LogP contribution in [0.4, 0.5) is 5.69 Å². The van der Waals surface area contributed by atoms with E-state index in [2.05, 4.69) is 10.3 Å². The van der Waals surface area contributed by atoms with E-state index in [9.17, 15) is 14.7 Å². The predicted molar refractivity (Wildman–Crippen MR) is 150 cm³/mol. The average molecular weight is 569 g/mol. The number of imidazole rings is 1. The number of anilines is 1. The van der Waals surface area contributed by atoms with E-state index in [1.807, 2.05) is 66.3 Å². The van der Waals surface area contributed by atoms with Gasteiger partial charge in [0, 0.05) is 55.7 Å². The molecule has 10 nitrogen and oxygen atoms in total. The number of hydrogen-bond acceptors (Lipinski definition) is 8. The lowest BCUT2D eigenvalue weighted by atomic mass is 10.0. The molecule has 0 spiro atoms. The molecule has 214 valence electrons. The van der Waals surface area contributed by atoms with E-state index in [0.29, 0.717) is 31.4 Å². The van der Waals surface area contributed by atoms with Crippen molar-refractivity contribution < 1.29 is 29.4 Å². The summed E-state index contributed by atoms with van der Waals surface area (Å²) in [5.41, 5.74) is 5.02. The van der Waals surface area contributed by atoms with Crippen molar-refractivity contribution in [1.82, 2.24) is 15.0 Å². The molecule has 0 radical (unpaired) electrons. The Kier molecular flexibility index (Phi) is 11.1. The maximum Gasteiger partial charge on any atom is 0.243 e. The number of hydroxylamine groups is 1. The van der Waals surface area contributed by atoms with Crippen molar-refractivity contribution in [2.24, 2.45) is 7.05 Å². The van der Waals surface area contributed by atoms with Crippen molar-refractivity contribution >= 4 is 29.3 Å². The number of aromatic nitrogens is 2. The number of aryl methyl sites for hydroxylation is 1. The Labute approximate surface area is 238 Å². The summed E-state index contributed by atoms with van der Waals surface area (Å²) in [6.07, 6.45) is 6.13. The Balaban J connectivity index is 1.36. The van der Waals surface area contributed by atoms with E-state index in [4.69, 9.17) is 14.7 Å². The highest BCUT2D eigenvalue weighted by atomic mass is 32.2. The molecule has 0 bridgehead atoms. The third-order valence-corrected chi connectivity index (χ3v) is 7.88. The van der Waals surface area contributed by atoms with E-state index < -0.39 is 12.2 Å². The Bertz CT molecular complexity index is 1230. The number of carbonyl (C=O) groups is 2. The van der Waals surface area contributed by atoms with E-state index in [-0.39, 0.29) is 31.1 Å². The molecule has 4 rings (SSSR count). The molecule has 2 aromatic carbocycles. The van der Waals surface area contributed by atoms with Gasteiger partial charge in [0.2, 0.25) is 11.8 Å². The lowest BCUT2D eigenvalue weighted by Gasteiger charge is -2.36. The molecule has 3 aromatic rings. The molecule has 4 N–H and O–H groups in total. The minimum Gasteiger partial charge on any atom is -0.392 e. The van der Waals surface area contributed by atoms with Crippen LogP contribution in [0.1, 0.15) is 67.6 Å². The van der Waals surface area contributed by atoms with Crippen molar-refractivity contribution in [3.05, 3.63) is 77.6 Å². The van der Waals surface area contributed by atoms with Gasteiger partial charge in [-0.25, -0.2) is 10.5 Å². The van der Waals surface area contributed by atoms with Crippen molar-refractivity contribution in [3.8, 4) is 0 Å². The fraction of sp³-hybridized carbons (Fsp3) is 0.414. The maximum absolute atomic E-state index is 12.3. The third kappa shape index (κ3) is 8.64. The molecule has 2 heterocycles. The molecule has 40 heavy (non-hydrogen) atoms. The number of thioether (sulfide) groups is 1. The van der Waals surface area contributed by atoms with Crippen LogP contribution in [0.25, 0.3) is 0 Å². The Morgan fingerprint density at radius 2 is 1.70 bits per heavy atom. The normalized spacial score (nSPS) is 18.8. The van der Waals surface area contributed by atoms with Gasteiger partial charge in [-0.1, -0.05) is 54.6 Å². The van der Waals surface area contributed by atoms with Gasteiger partial charge >= 0.3 is 0 Å². The summed E-state index contributed by atoms with van der Waals surface area (Å²) in [5.74, 6) is 0.205. The van der Waals surface area contributed by atoms with E-state index in [0.717, 1.165) is 34.0 Å². The number of carbonyl (C=O) groups excluding carboxylic acids is 2. The van der Waals surface area contributed by atoms with Crippen molar-refractivity contribution in [2.45, 2.75) is 68.8 Å². The molecule has 3 atom stereocenters. The first-order chi connectivity index (χ1) is 19.4. The smallest absolute Gasteiger partial charge is 0.243 e. The first kappa shape index (κ1) is 29.8. The van der Waals surface area contributed by atoms with Crippen LogP contribution in [-0.4, -0.2) is 43.5 Å². The van der Waals surface area contributed by atoms with Gasteiger partial charge < -0.3 is 24.5 Å². The Morgan fingerprint density at radius 3 is 2.35 bits per heavy atom. The zero-order chi connectivity index (χ0) is 28.3. The molecular formula is C29H36N4O6S. The van der Waals surface area contributed by atoms with Crippen molar-refractivity contribution in [1.29, 1.82) is 0 Å². The van der Waals surface area contributed by atoms with Gasteiger partial charge in [0.1, 0.15) is 0 Å². The number of rotatable bonds is 13. The largest absolute Gasteiger partial charge is 0.392 e. The number of aliphatic hydroxyl groups is 1. The quantitative estimate of drug-likeness (QED) is 0.101. The minimum absolute atomic E-state index is 0.00723. The Hall–Kier alpha value is -3.22. The number of unbranched alkanes of at least 4 members (excludes halogenated alkanes) is 2. The van der Waals surface area contributed by atoms with Crippen LogP contribution in [0.15, 0.2) is 66.1 Å². The zero-order valence-corrected chi connectivity index (χ0v) is 23.3. The zero-order valence-electron chi connectivity index (χ0n) is 22.5. The van der Waals surface area contributed by atoms with Gasteiger partial charge in [0.25, 0.3) is 0 Å². The van der Waals surface area contributed by atoms with Gasteiger partial charge in [-0.15, -0.1) is 0 Å². The van der Waals surface area contributed by atoms with Crippen molar-refractivity contribution in [3.63, 3.8) is 0 Å². The van der Waals surface area contributed by atoms with Crippen LogP contribution in [0.5, 0.6) is 0 Å². The van der Waals surface area contributed by atoms with Gasteiger partial charge in [0.15, 0.2) is 11.4 Å². The molecule has 1 aromatic heterocycles. The van der Waals surface area contributed by atoms with Crippen molar-refractivity contribution in [2.75, 3.05) is 11.1 Å². The second-order valence-corrected chi connectivity index (χ2v) is 10.7. The topological polar surface area (TPSA) is 135 Å². The first-order valence-electron chi connectivity index (χ1n) is 13.4. The van der Waals surface area contributed by atoms with Crippen LogP contribution in [-0.2, 0) is 32.7 Å². The van der Waals surface area contributed by atoms with Gasteiger partial charge in [0.05, 0.1) is 18.8 Å². The Morgan fingerprint density at radius 1 is 1.00 bits per heavy atom. The molecule has 1 aliphatic heterocycles. The number of ether oxygens (including phenoxy) is 2. The number of aliphatic hydroxyl groups excluding tert-OH is 1. The number of benzene rings is 2. The summed E-state index contributed by atoms with van der Waals surface area (Å²) < 4.78 is 14.8. The molecule has 1 saturated heterocycles. The van der Waals surface area contributed by atoms with Crippen LogP contribution in [0.2, 0.25) is 0 Å². The van der Waals surface area contributed by atoms with Crippen LogP contribution >= 0.6 is 11.8 Å². The van der Waals surface area contributed by atoms with Crippen LogP contribution in [0, 0.1) is 0 Å². The summed E-state index contributed by atoms with van der Waals surface area (Å²) in [7, 11) is 1.97. The molecule has 2 amide bonds. The van der Waals surface area contributed by atoms with Gasteiger partial charge in [-0.2, -0.15) is 0 Å². The first-order valence-corrected chi connectivity index (χ1v) is 14.4. The molecule has 11 heteroatoms. The standard InChI is InChI=1S/C29H36N4O6S/c1-33-16-15-30-29(33)40-19-24-17-25(21-9-7-20(18-34)8-10-21)39-28(38-24)22-11-13-23(14-12-22)31-26(35)5-3-2-4-6-27(36)32-37/h7-16,24-25,28,34,37H,2-6,17-19H2,1H3,(H,31,35)(H,32,36). The molecular weight excluding hydrogens is 532 g/mol. The lowest BCUT2D eigenvalue weighted by molar-refractivity contribution is -0.245. The highest BCUT2D eigenvalue weighted by Gasteiger charge is 2.32. The summed E-state index contributed by atoms with van der Waals surface area (Å²) >= 11 is 1.64. The third-order valence-electron chi connectivity index (χ3n) is 6.69. The second kappa shape index (κ2) is 15.0. The summed E-state index contributed by atoms with van der Waals surface area (Å²) in [6.45, 7) is -0.00723. The fourth-order valence-corrected chi connectivity index (χ4v) is 5.38. The molecule has 0 saturated carbocycles. The molecule has 1 aliphatic rings. The SMILES string of the molecule is Cn1ccnc1SCC1CC(c2ccc(CO)cc2)OC(c2ccc(NC(=O)CCCCCC(=O)NO)cc2)O1. The molecule has 3 unspecified atom stereocenters. The lowest BCUT2D eigenvalue weighted by Crippen LogP contribution is -2.31. The summed E-state index contributed by atoms with van der Waals surface area (Å²) in [4.78, 5) is 27.8. The number of hydrogen-bond donors (Lipinski definition) is 4. The molecule has 0 aliphatic carbocycles. The van der Waals surface area contributed by atoms with Crippen LogP contribution < -0.4 is 10.8 Å². The molecule has 1 fully saturated rings. The minimum atomic E-state index is -0.580. The van der Waals surface area contributed by atoms with Gasteiger partial charge in [-0.3, -0.25) is 14.8 Å². The number of nitrogens with one attached hydrogen (secondary N) is 2. The van der Waals surface area contributed by atoms with Gasteiger partial charge in [-0.05, 0) is 36.1 Å².